The normalized spacial score (nSPS) is 10.9. The van der Waals surface area contributed by atoms with Gasteiger partial charge < -0.3 is 0 Å². The average Bonchev–Trinajstić information content (AvgIpc) is 3.59. The van der Waals surface area contributed by atoms with Crippen LogP contribution in [0.1, 0.15) is 18.9 Å². The molecule has 0 N–H and O–H groups in total. The summed E-state index contributed by atoms with van der Waals surface area (Å²) in [5.41, 5.74) is 9.43. The minimum atomic E-state index is -0.826. The van der Waals surface area contributed by atoms with Crippen molar-refractivity contribution in [2.24, 2.45) is 0 Å². The average molecular weight is 651 g/mol. The summed E-state index contributed by atoms with van der Waals surface area (Å²) in [5, 5.41) is 5.53. The van der Waals surface area contributed by atoms with Gasteiger partial charge >= 0.3 is 37.9 Å². The number of aryl methyl sites for hydroxylation is 1. The van der Waals surface area contributed by atoms with E-state index in [-0.39, 0.29) is 0 Å². The summed E-state index contributed by atoms with van der Waals surface area (Å²) < 4.78 is 0. The van der Waals surface area contributed by atoms with Gasteiger partial charge in [0, 0.05) is 0 Å². The van der Waals surface area contributed by atoms with Crippen LogP contribution >= 0.6 is 17.0 Å². The van der Waals surface area contributed by atoms with Crippen molar-refractivity contribution in [2.45, 2.75) is 19.8 Å². The Morgan fingerprint density at radius 1 is 0.725 bits per heavy atom. The van der Waals surface area contributed by atoms with Gasteiger partial charge in [-0.15, -0.1) is 34.0 Å². The van der Waals surface area contributed by atoms with Crippen molar-refractivity contribution >= 4 is 47.7 Å². The Morgan fingerprint density at radius 3 is 2.10 bits per heavy atom. The van der Waals surface area contributed by atoms with Gasteiger partial charge in [0.2, 0.25) is 0 Å². The number of rotatable bonds is 4. The molecule has 0 spiro atoms. The maximum Gasteiger partial charge on any atom is 0.0920 e. The first-order chi connectivity index (χ1) is 19.7. The fraction of sp³-hybridized carbons (Fsp3) is 0.0833. The Labute approximate surface area is 258 Å². The molecule has 0 fully saturated rings. The van der Waals surface area contributed by atoms with Crippen LogP contribution in [0.4, 0.5) is 0 Å². The predicted octanol–water partition coefficient (Wildman–Crippen LogP) is 9.34. The van der Waals surface area contributed by atoms with Crippen LogP contribution in [-0.2, 0) is 27.3 Å². The van der Waals surface area contributed by atoms with Gasteiger partial charge in [0.05, 0.1) is 9.52 Å². The van der Waals surface area contributed by atoms with Gasteiger partial charge in [-0.3, -0.25) is 0 Å². The van der Waals surface area contributed by atoms with Gasteiger partial charge in [0.15, 0.2) is 0 Å². The molecule has 0 nitrogen and oxygen atoms in total. The predicted molar refractivity (Wildman–Crippen MR) is 172 cm³/mol. The summed E-state index contributed by atoms with van der Waals surface area (Å²) in [7, 11) is 10.7. The summed E-state index contributed by atoms with van der Waals surface area (Å²) in [4.78, 5) is 0. The third-order valence-corrected chi connectivity index (χ3v) is 8.34. The Kier molecular flexibility index (Phi) is 10.4. The molecular formula is C36H28Cl2SiZr. The van der Waals surface area contributed by atoms with E-state index in [0.717, 1.165) is 15.9 Å². The Bertz CT molecular complexity index is 1630. The number of halogens is 2. The van der Waals surface area contributed by atoms with Crippen molar-refractivity contribution in [3.05, 3.63) is 139 Å². The molecule has 0 aromatic heterocycles. The molecule has 0 amide bonds. The van der Waals surface area contributed by atoms with Gasteiger partial charge in [0.25, 0.3) is 0 Å². The zero-order chi connectivity index (χ0) is 27.7. The van der Waals surface area contributed by atoms with E-state index in [1.807, 2.05) is 6.07 Å². The van der Waals surface area contributed by atoms with Crippen LogP contribution in [0.2, 0.25) is 0 Å². The van der Waals surface area contributed by atoms with E-state index in [9.17, 15) is 0 Å². The van der Waals surface area contributed by atoms with Crippen molar-refractivity contribution in [1.82, 2.24) is 0 Å². The Hall–Kier alpha value is -2.61. The first-order valence-corrected chi connectivity index (χ1v) is 20.7. The first kappa shape index (κ1) is 28.9. The molecule has 0 unspecified atom stereocenters. The molecule has 0 aliphatic carbocycles. The van der Waals surface area contributed by atoms with Crippen molar-refractivity contribution in [2.75, 3.05) is 0 Å². The molecule has 1 aliphatic heterocycles. The number of benzene rings is 5. The smallest absolute Gasteiger partial charge is 0.0920 e. The topological polar surface area (TPSA) is 0 Å². The molecule has 40 heavy (non-hydrogen) atoms. The summed E-state index contributed by atoms with van der Waals surface area (Å²) in [5.74, 6) is 0. The third-order valence-electron chi connectivity index (χ3n) is 6.97. The van der Waals surface area contributed by atoms with Crippen LogP contribution < -0.4 is 10.4 Å². The van der Waals surface area contributed by atoms with Gasteiger partial charge in [-0.25, -0.2) is 0 Å². The molecule has 2 radical (unpaired) electrons. The Balaban J connectivity index is 0.000000168. The zero-order valence-electron chi connectivity index (χ0n) is 22.3. The monoisotopic (exact) mass is 648 g/mol. The SMILES string of the molecule is CCCc1cc2c(-c3ccccc3)c(-c3ccccc3)ccc2[cH-]1.[Cl][Zr+2][Cl].[c-]1cccc2c1[Si]c1ccccc1-2. The molecule has 4 heteroatoms. The van der Waals surface area contributed by atoms with Crippen LogP contribution in [0.15, 0.2) is 127 Å². The Morgan fingerprint density at radius 2 is 1.38 bits per heavy atom. The van der Waals surface area contributed by atoms with Gasteiger partial charge in [0.1, 0.15) is 0 Å². The minimum absolute atomic E-state index is 0.795. The molecule has 1 heterocycles. The molecule has 1 aliphatic rings. The van der Waals surface area contributed by atoms with Crippen LogP contribution in [-0.4, -0.2) is 9.52 Å². The van der Waals surface area contributed by atoms with E-state index in [1.165, 1.54) is 66.5 Å². The fourth-order valence-corrected chi connectivity index (χ4v) is 6.59. The van der Waals surface area contributed by atoms with Gasteiger partial charge in [-0.05, 0) is 23.1 Å². The van der Waals surface area contributed by atoms with E-state index < -0.39 is 20.8 Å². The molecule has 0 saturated heterocycles. The molecule has 0 saturated carbocycles. The standard InChI is InChI=1S/C24H21.C12H7Si.2ClH.Zr/c1-2-9-18-16-21-14-15-22(19-10-5-3-6-11-19)24(23(21)17-18)20-12-7-4-8-13-20;1-3-7-11-9(5-1)10-6-2-4-8-12(10)13-11;;;/h3-8,10-17H,2,9H2,1H3;1-7H;2*1H;/q2*-1;;;+4/p-2. The molecule has 7 rings (SSSR count). The molecule has 6 aromatic rings. The molecular weight excluding hydrogens is 623 g/mol. The maximum absolute atomic E-state index is 4.93. The van der Waals surface area contributed by atoms with Gasteiger partial charge in [-0.2, -0.15) is 35.5 Å². The van der Waals surface area contributed by atoms with Crippen molar-refractivity contribution < 1.29 is 20.8 Å². The second-order valence-corrected chi connectivity index (χ2v) is 14.6. The van der Waals surface area contributed by atoms with Crippen molar-refractivity contribution in [3.8, 4) is 33.4 Å². The largest absolute Gasteiger partial charge is 0.184 e. The quantitative estimate of drug-likeness (QED) is 0.132. The van der Waals surface area contributed by atoms with Crippen LogP contribution in [0.3, 0.4) is 0 Å². The number of hydrogen-bond donors (Lipinski definition) is 0. The number of hydrogen-bond acceptors (Lipinski definition) is 0. The third kappa shape index (κ3) is 6.64. The molecule has 6 aromatic carbocycles. The van der Waals surface area contributed by atoms with Crippen molar-refractivity contribution in [3.63, 3.8) is 0 Å². The molecule has 0 atom stereocenters. The van der Waals surface area contributed by atoms with Crippen LogP contribution in [0.5, 0.6) is 0 Å². The van der Waals surface area contributed by atoms with Crippen molar-refractivity contribution in [1.29, 1.82) is 0 Å². The maximum atomic E-state index is 4.93. The fourth-order valence-electron chi connectivity index (χ4n) is 5.28. The molecule has 194 valence electrons. The first-order valence-electron chi connectivity index (χ1n) is 13.4. The van der Waals surface area contributed by atoms with E-state index in [4.69, 9.17) is 17.0 Å². The molecule has 0 bridgehead atoms. The summed E-state index contributed by atoms with van der Waals surface area (Å²) in [6, 6.07) is 48.9. The minimum Gasteiger partial charge on any atom is -0.184 e. The second-order valence-electron chi connectivity index (χ2n) is 9.54. The van der Waals surface area contributed by atoms with E-state index in [2.05, 4.69) is 134 Å². The van der Waals surface area contributed by atoms with E-state index in [0.29, 0.717) is 0 Å². The van der Waals surface area contributed by atoms with E-state index >= 15 is 0 Å². The summed E-state index contributed by atoms with van der Waals surface area (Å²) >= 11 is -0.826. The second kappa shape index (κ2) is 14.3. The van der Waals surface area contributed by atoms with Crippen LogP contribution in [0, 0.1) is 6.07 Å². The number of fused-ring (bicyclic) bond motifs is 4. The summed E-state index contributed by atoms with van der Waals surface area (Å²) in [6.07, 6.45) is 2.33. The van der Waals surface area contributed by atoms with Crippen LogP contribution in [0.25, 0.3) is 44.2 Å². The summed E-state index contributed by atoms with van der Waals surface area (Å²) in [6.45, 7) is 2.24. The zero-order valence-corrected chi connectivity index (χ0v) is 27.3. The van der Waals surface area contributed by atoms with Gasteiger partial charge in [-0.1, -0.05) is 121 Å². The van der Waals surface area contributed by atoms with E-state index in [1.54, 1.807) is 0 Å².